The highest BCUT2D eigenvalue weighted by atomic mass is 35.5. The maximum absolute atomic E-state index is 12.9. The third-order valence-electron chi connectivity index (χ3n) is 3.04. The SMILES string of the molecule is CN(Cc1ccccc1Cl)C(=O)c1cn(C)nc1C(F)(F)F. The number of alkyl halides is 3. The molecule has 4 nitrogen and oxygen atoms in total. The minimum absolute atomic E-state index is 0.102. The smallest absolute Gasteiger partial charge is 0.337 e. The van der Waals surface area contributed by atoms with Gasteiger partial charge < -0.3 is 4.90 Å². The van der Waals surface area contributed by atoms with Gasteiger partial charge in [0.05, 0.1) is 5.56 Å². The zero-order valence-corrected chi connectivity index (χ0v) is 12.6. The average molecular weight is 332 g/mol. The first kappa shape index (κ1) is 16.4. The van der Waals surface area contributed by atoms with Gasteiger partial charge in [-0.2, -0.15) is 18.3 Å². The molecule has 1 aromatic carbocycles. The van der Waals surface area contributed by atoms with Crippen molar-refractivity contribution >= 4 is 17.5 Å². The van der Waals surface area contributed by atoms with Crippen LogP contribution in [0.15, 0.2) is 30.5 Å². The van der Waals surface area contributed by atoms with Crippen LogP contribution in [0.3, 0.4) is 0 Å². The Hall–Kier alpha value is -2.02. The van der Waals surface area contributed by atoms with E-state index < -0.39 is 23.3 Å². The molecular weight excluding hydrogens is 319 g/mol. The molecule has 0 saturated carbocycles. The molecule has 8 heteroatoms. The van der Waals surface area contributed by atoms with Gasteiger partial charge >= 0.3 is 6.18 Å². The van der Waals surface area contributed by atoms with Crippen molar-refractivity contribution in [3.8, 4) is 0 Å². The van der Waals surface area contributed by atoms with Gasteiger partial charge in [0.25, 0.3) is 5.91 Å². The highest BCUT2D eigenvalue weighted by Crippen LogP contribution is 2.31. The lowest BCUT2D eigenvalue weighted by Crippen LogP contribution is -2.28. The van der Waals surface area contributed by atoms with Gasteiger partial charge in [-0.3, -0.25) is 9.48 Å². The van der Waals surface area contributed by atoms with Crippen LogP contribution in [0.2, 0.25) is 5.02 Å². The topological polar surface area (TPSA) is 38.1 Å². The Morgan fingerprint density at radius 1 is 1.36 bits per heavy atom. The number of hydrogen-bond donors (Lipinski definition) is 0. The van der Waals surface area contributed by atoms with Crippen LogP contribution in [0.4, 0.5) is 13.2 Å². The summed E-state index contributed by atoms with van der Waals surface area (Å²) in [5.41, 5.74) is -1.02. The molecular formula is C14H13ClF3N3O. The molecule has 0 unspecified atom stereocenters. The first-order valence-corrected chi connectivity index (χ1v) is 6.67. The van der Waals surface area contributed by atoms with Gasteiger partial charge in [-0.05, 0) is 11.6 Å². The number of aromatic nitrogens is 2. The van der Waals surface area contributed by atoms with Crippen LogP contribution >= 0.6 is 11.6 Å². The van der Waals surface area contributed by atoms with Gasteiger partial charge in [0.1, 0.15) is 0 Å². The number of halogens is 4. The molecule has 0 fully saturated rings. The molecule has 2 aromatic rings. The van der Waals surface area contributed by atoms with E-state index in [2.05, 4.69) is 5.10 Å². The molecule has 0 aliphatic rings. The van der Waals surface area contributed by atoms with Gasteiger partial charge in [0, 0.05) is 31.9 Å². The maximum atomic E-state index is 12.9. The highest BCUT2D eigenvalue weighted by Gasteiger charge is 2.39. The molecule has 0 N–H and O–H groups in total. The predicted octanol–water partition coefficient (Wildman–Crippen LogP) is 3.36. The fourth-order valence-corrected chi connectivity index (χ4v) is 2.21. The predicted molar refractivity (Wildman–Crippen MR) is 75.5 cm³/mol. The van der Waals surface area contributed by atoms with Crippen LogP contribution in [-0.2, 0) is 19.8 Å². The summed E-state index contributed by atoms with van der Waals surface area (Å²) in [7, 11) is 2.75. The molecule has 118 valence electrons. The first-order chi connectivity index (χ1) is 10.2. The number of nitrogens with zero attached hydrogens (tertiary/aromatic N) is 3. The Labute approximate surface area is 130 Å². The molecule has 0 radical (unpaired) electrons. The van der Waals surface area contributed by atoms with E-state index in [1.165, 1.54) is 19.0 Å². The lowest BCUT2D eigenvalue weighted by atomic mass is 10.2. The highest BCUT2D eigenvalue weighted by molar-refractivity contribution is 6.31. The van der Waals surface area contributed by atoms with E-state index in [1.54, 1.807) is 24.3 Å². The van der Waals surface area contributed by atoms with Crippen LogP contribution < -0.4 is 0 Å². The summed E-state index contributed by atoms with van der Waals surface area (Å²) in [6.45, 7) is 0.102. The Bertz CT molecular complexity index is 697. The van der Waals surface area contributed by atoms with Crippen LogP contribution in [0, 0.1) is 0 Å². The van der Waals surface area contributed by atoms with Crippen molar-refractivity contribution in [1.29, 1.82) is 0 Å². The van der Waals surface area contributed by atoms with Crippen molar-refractivity contribution in [2.75, 3.05) is 7.05 Å². The Morgan fingerprint density at radius 2 is 2.00 bits per heavy atom. The first-order valence-electron chi connectivity index (χ1n) is 6.30. The van der Waals surface area contributed by atoms with Crippen molar-refractivity contribution in [1.82, 2.24) is 14.7 Å². The zero-order valence-electron chi connectivity index (χ0n) is 11.9. The molecule has 22 heavy (non-hydrogen) atoms. The van der Waals surface area contributed by atoms with Gasteiger partial charge in [-0.25, -0.2) is 0 Å². The quantitative estimate of drug-likeness (QED) is 0.865. The van der Waals surface area contributed by atoms with Crippen molar-refractivity contribution < 1.29 is 18.0 Å². The summed E-state index contributed by atoms with van der Waals surface area (Å²) in [5, 5.41) is 3.78. The minimum atomic E-state index is -4.68. The van der Waals surface area contributed by atoms with Crippen LogP contribution in [0.5, 0.6) is 0 Å². The third-order valence-corrected chi connectivity index (χ3v) is 3.41. The van der Waals surface area contributed by atoms with Gasteiger partial charge in [0.2, 0.25) is 0 Å². The second kappa shape index (κ2) is 6.00. The van der Waals surface area contributed by atoms with Crippen LogP contribution in [0.25, 0.3) is 0 Å². The van der Waals surface area contributed by atoms with Gasteiger partial charge in [0.15, 0.2) is 5.69 Å². The van der Waals surface area contributed by atoms with Gasteiger partial charge in [-0.15, -0.1) is 0 Å². The van der Waals surface area contributed by atoms with Crippen molar-refractivity contribution in [2.24, 2.45) is 7.05 Å². The fraction of sp³-hybridized carbons (Fsp3) is 0.286. The van der Waals surface area contributed by atoms with E-state index in [0.717, 1.165) is 10.9 Å². The summed E-state index contributed by atoms with van der Waals surface area (Å²) >= 11 is 5.99. The summed E-state index contributed by atoms with van der Waals surface area (Å²) in [5.74, 6) is -0.764. The Kier molecular flexibility index (Phi) is 4.46. The number of rotatable bonds is 3. The van der Waals surface area contributed by atoms with Crippen LogP contribution in [0.1, 0.15) is 21.6 Å². The number of benzene rings is 1. The molecule has 1 heterocycles. The minimum Gasteiger partial charge on any atom is -0.337 e. The van der Waals surface area contributed by atoms with Crippen molar-refractivity contribution in [3.63, 3.8) is 0 Å². The molecule has 0 atom stereocenters. The molecule has 0 spiro atoms. The van der Waals surface area contributed by atoms with Crippen molar-refractivity contribution in [2.45, 2.75) is 12.7 Å². The molecule has 0 saturated heterocycles. The zero-order chi connectivity index (χ0) is 16.5. The standard InChI is InChI=1S/C14H13ClF3N3O/c1-20(7-9-5-3-4-6-11(9)15)13(22)10-8-21(2)19-12(10)14(16,17)18/h3-6,8H,7H2,1-2H3. The largest absolute Gasteiger partial charge is 0.435 e. The van der Waals surface area contributed by atoms with E-state index in [4.69, 9.17) is 11.6 Å². The Balaban J connectivity index is 2.27. The maximum Gasteiger partial charge on any atom is 0.435 e. The van der Waals surface area contributed by atoms with Crippen molar-refractivity contribution in [3.05, 3.63) is 52.3 Å². The summed E-state index contributed by atoms with van der Waals surface area (Å²) in [6.07, 6.45) is -3.62. The van der Waals surface area contributed by atoms with Gasteiger partial charge in [-0.1, -0.05) is 29.8 Å². The average Bonchev–Trinajstić information content (AvgIpc) is 2.82. The molecule has 0 bridgehead atoms. The molecule has 0 aliphatic carbocycles. The lowest BCUT2D eigenvalue weighted by molar-refractivity contribution is -0.141. The fourth-order valence-electron chi connectivity index (χ4n) is 2.01. The number of carbonyl (C=O) groups is 1. The van der Waals surface area contributed by atoms with E-state index in [9.17, 15) is 18.0 Å². The number of amides is 1. The molecule has 0 aliphatic heterocycles. The second-order valence-corrected chi connectivity index (χ2v) is 5.22. The summed E-state index contributed by atoms with van der Waals surface area (Å²) in [4.78, 5) is 13.4. The summed E-state index contributed by atoms with van der Waals surface area (Å²) in [6, 6.07) is 6.84. The molecule has 2 rings (SSSR count). The normalized spacial score (nSPS) is 11.5. The second-order valence-electron chi connectivity index (χ2n) is 4.82. The third kappa shape index (κ3) is 3.41. The molecule has 1 aromatic heterocycles. The van der Waals surface area contributed by atoms with E-state index >= 15 is 0 Å². The molecule has 1 amide bonds. The monoisotopic (exact) mass is 331 g/mol. The van der Waals surface area contributed by atoms with E-state index in [0.29, 0.717) is 10.6 Å². The number of carbonyl (C=O) groups excluding carboxylic acids is 1. The summed E-state index contributed by atoms with van der Waals surface area (Å²) < 4.78 is 39.7. The lowest BCUT2D eigenvalue weighted by Gasteiger charge is -2.18. The Morgan fingerprint density at radius 3 is 2.59 bits per heavy atom. The van der Waals surface area contributed by atoms with E-state index in [-0.39, 0.29) is 6.54 Å². The van der Waals surface area contributed by atoms with Crippen LogP contribution in [-0.4, -0.2) is 27.6 Å². The number of hydrogen-bond acceptors (Lipinski definition) is 2. The number of aryl methyl sites for hydroxylation is 1. The van der Waals surface area contributed by atoms with E-state index in [1.807, 2.05) is 0 Å².